The van der Waals surface area contributed by atoms with Crippen LogP contribution in [-0.2, 0) is 14.3 Å². The third-order valence-corrected chi connectivity index (χ3v) is 3.61. The van der Waals surface area contributed by atoms with Crippen LogP contribution in [0.4, 0.5) is 5.69 Å². The van der Waals surface area contributed by atoms with Crippen LogP contribution < -0.4 is 10.1 Å². The zero-order valence-electron chi connectivity index (χ0n) is 11.9. The molecule has 114 valence electrons. The number of aliphatic carboxylic acids is 1. The molecule has 1 fully saturated rings. The first kappa shape index (κ1) is 15.3. The van der Waals surface area contributed by atoms with E-state index in [0.717, 1.165) is 0 Å². The van der Waals surface area contributed by atoms with Crippen molar-refractivity contribution >= 4 is 17.6 Å². The van der Waals surface area contributed by atoms with Crippen molar-refractivity contribution in [3.8, 4) is 5.75 Å². The van der Waals surface area contributed by atoms with E-state index >= 15 is 0 Å². The fourth-order valence-corrected chi connectivity index (χ4v) is 2.22. The van der Waals surface area contributed by atoms with Crippen LogP contribution in [0.5, 0.6) is 5.75 Å². The standard InChI is InChI=1S/C15H19NO5/c1-20-8-9-21-11-4-2-10(3-5-11)16-14(17)12-6-7-13(12)15(18)19/h2-5,12-13H,6-9H2,1H3,(H,16,17)(H,18,19). The Hall–Kier alpha value is -2.08. The Kier molecular flexibility index (Phi) is 5.16. The van der Waals surface area contributed by atoms with Crippen molar-refractivity contribution in [2.75, 3.05) is 25.6 Å². The van der Waals surface area contributed by atoms with E-state index in [9.17, 15) is 9.59 Å². The van der Waals surface area contributed by atoms with Gasteiger partial charge in [-0.15, -0.1) is 0 Å². The summed E-state index contributed by atoms with van der Waals surface area (Å²) in [6.45, 7) is 0.974. The van der Waals surface area contributed by atoms with Crippen molar-refractivity contribution in [3.63, 3.8) is 0 Å². The summed E-state index contributed by atoms with van der Waals surface area (Å²) >= 11 is 0. The molecule has 0 bridgehead atoms. The van der Waals surface area contributed by atoms with E-state index < -0.39 is 17.8 Å². The van der Waals surface area contributed by atoms with Crippen LogP contribution >= 0.6 is 0 Å². The van der Waals surface area contributed by atoms with Gasteiger partial charge in [0.25, 0.3) is 0 Å². The van der Waals surface area contributed by atoms with Gasteiger partial charge >= 0.3 is 5.97 Å². The predicted octanol–water partition coefficient (Wildman–Crippen LogP) is 1.76. The van der Waals surface area contributed by atoms with Crippen LogP contribution in [0.1, 0.15) is 12.8 Å². The summed E-state index contributed by atoms with van der Waals surface area (Å²) in [5.41, 5.74) is 0.634. The lowest BCUT2D eigenvalue weighted by Gasteiger charge is -2.31. The number of amides is 1. The molecule has 21 heavy (non-hydrogen) atoms. The molecule has 0 radical (unpaired) electrons. The molecular formula is C15H19NO5. The van der Waals surface area contributed by atoms with Crippen molar-refractivity contribution in [1.29, 1.82) is 0 Å². The molecule has 2 N–H and O–H groups in total. The number of hydrogen-bond donors (Lipinski definition) is 2. The first-order valence-corrected chi connectivity index (χ1v) is 6.87. The van der Waals surface area contributed by atoms with Crippen molar-refractivity contribution in [2.24, 2.45) is 11.8 Å². The second-order valence-corrected chi connectivity index (χ2v) is 4.98. The minimum atomic E-state index is -0.900. The summed E-state index contributed by atoms with van der Waals surface area (Å²) in [7, 11) is 1.60. The van der Waals surface area contributed by atoms with Crippen LogP contribution in [0.2, 0.25) is 0 Å². The maximum absolute atomic E-state index is 12.0. The fourth-order valence-electron chi connectivity index (χ4n) is 2.22. The smallest absolute Gasteiger partial charge is 0.307 e. The average Bonchev–Trinajstić information content (AvgIpc) is 2.39. The highest BCUT2D eigenvalue weighted by molar-refractivity contribution is 5.96. The number of carbonyl (C=O) groups is 2. The third-order valence-electron chi connectivity index (χ3n) is 3.61. The molecule has 0 spiro atoms. The maximum atomic E-state index is 12.0. The molecule has 1 saturated carbocycles. The molecule has 2 unspecified atom stereocenters. The number of carbonyl (C=O) groups excluding carboxylic acids is 1. The number of nitrogens with one attached hydrogen (secondary N) is 1. The number of ether oxygens (including phenoxy) is 2. The van der Waals surface area contributed by atoms with Gasteiger partial charge in [-0.2, -0.15) is 0 Å². The molecular weight excluding hydrogens is 274 g/mol. The molecule has 1 aromatic carbocycles. The quantitative estimate of drug-likeness (QED) is 0.748. The maximum Gasteiger partial charge on any atom is 0.307 e. The second-order valence-electron chi connectivity index (χ2n) is 4.98. The first-order chi connectivity index (χ1) is 10.1. The van der Waals surface area contributed by atoms with Gasteiger partial charge in [-0.05, 0) is 37.1 Å². The Labute approximate surface area is 123 Å². The van der Waals surface area contributed by atoms with Crippen molar-refractivity contribution in [3.05, 3.63) is 24.3 Å². The molecule has 1 aliphatic carbocycles. The molecule has 1 amide bonds. The van der Waals surface area contributed by atoms with E-state index in [-0.39, 0.29) is 5.91 Å². The number of methoxy groups -OCH3 is 1. The van der Waals surface area contributed by atoms with Gasteiger partial charge in [-0.3, -0.25) is 9.59 Å². The van der Waals surface area contributed by atoms with Crippen molar-refractivity contribution < 1.29 is 24.2 Å². The van der Waals surface area contributed by atoms with E-state index in [1.165, 1.54) is 0 Å². The van der Waals surface area contributed by atoms with Crippen LogP contribution in [0, 0.1) is 11.8 Å². The van der Waals surface area contributed by atoms with Gasteiger partial charge in [0.1, 0.15) is 12.4 Å². The van der Waals surface area contributed by atoms with Crippen molar-refractivity contribution in [2.45, 2.75) is 12.8 Å². The molecule has 1 aliphatic rings. The van der Waals surface area contributed by atoms with Crippen LogP contribution in [-0.4, -0.2) is 37.3 Å². The van der Waals surface area contributed by atoms with Crippen LogP contribution in [0.3, 0.4) is 0 Å². The van der Waals surface area contributed by atoms with Crippen LogP contribution in [0.15, 0.2) is 24.3 Å². The Morgan fingerprint density at radius 3 is 2.38 bits per heavy atom. The Morgan fingerprint density at radius 2 is 1.86 bits per heavy atom. The normalized spacial score (nSPS) is 20.4. The largest absolute Gasteiger partial charge is 0.491 e. The molecule has 0 heterocycles. The van der Waals surface area contributed by atoms with E-state index in [2.05, 4.69) is 5.32 Å². The molecule has 1 aromatic rings. The van der Waals surface area contributed by atoms with E-state index in [0.29, 0.717) is 37.5 Å². The summed E-state index contributed by atoms with van der Waals surface area (Å²) in [5.74, 6) is -1.43. The van der Waals surface area contributed by atoms with E-state index in [1.807, 2.05) is 0 Å². The van der Waals surface area contributed by atoms with Gasteiger partial charge in [0.2, 0.25) is 5.91 Å². The summed E-state index contributed by atoms with van der Waals surface area (Å²) in [5, 5.41) is 11.7. The van der Waals surface area contributed by atoms with E-state index in [4.69, 9.17) is 14.6 Å². The van der Waals surface area contributed by atoms with Crippen LogP contribution in [0.25, 0.3) is 0 Å². The summed E-state index contributed by atoms with van der Waals surface area (Å²) < 4.78 is 10.3. The summed E-state index contributed by atoms with van der Waals surface area (Å²) in [4.78, 5) is 22.9. The highest BCUT2D eigenvalue weighted by Gasteiger charge is 2.41. The number of carboxylic acid groups (broad SMARTS) is 1. The van der Waals surface area contributed by atoms with Gasteiger partial charge in [0, 0.05) is 12.8 Å². The topological polar surface area (TPSA) is 84.9 Å². The predicted molar refractivity (Wildman–Crippen MR) is 76.3 cm³/mol. The third kappa shape index (κ3) is 3.95. The SMILES string of the molecule is COCCOc1ccc(NC(=O)C2CCC2C(=O)O)cc1. The number of carboxylic acids is 1. The zero-order chi connectivity index (χ0) is 15.2. The molecule has 6 heteroatoms. The lowest BCUT2D eigenvalue weighted by molar-refractivity contribution is -0.151. The lowest BCUT2D eigenvalue weighted by Crippen LogP contribution is -2.41. The second kappa shape index (κ2) is 7.08. The Morgan fingerprint density at radius 1 is 1.19 bits per heavy atom. The summed E-state index contributed by atoms with van der Waals surface area (Å²) in [6, 6.07) is 6.96. The number of rotatable bonds is 7. The molecule has 2 atom stereocenters. The van der Waals surface area contributed by atoms with E-state index in [1.54, 1.807) is 31.4 Å². The molecule has 6 nitrogen and oxygen atoms in total. The highest BCUT2D eigenvalue weighted by Crippen LogP contribution is 2.35. The Bertz CT molecular complexity index is 499. The number of hydrogen-bond acceptors (Lipinski definition) is 4. The van der Waals surface area contributed by atoms with Crippen molar-refractivity contribution in [1.82, 2.24) is 0 Å². The molecule has 0 aromatic heterocycles. The van der Waals surface area contributed by atoms with Gasteiger partial charge in [0.15, 0.2) is 0 Å². The number of benzene rings is 1. The number of anilines is 1. The minimum Gasteiger partial charge on any atom is -0.491 e. The highest BCUT2D eigenvalue weighted by atomic mass is 16.5. The zero-order valence-corrected chi connectivity index (χ0v) is 11.9. The Balaban J connectivity index is 1.85. The minimum absolute atomic E-state index is 0.235. The average molecular weight is 293 g/mol. The van der Waals surface area contributed by atoms with Gasteiger partial charge < -0.3 is 19.9 Å². The monoisotopic (exact) mass is 293 g/mol. The van der Waals surface area contributed by atoms with Gasteiger partial charge in [-0.1, -0.05) is 0 Å². The molecule has 0 saturated heterocycles. The molecule has 0 aliphatic heterocycles. The first-order valence-electron chi connectivity index (χ1n) is 6.87. The molecule has 2 rings (SSSR count). The fraction of sp³-hybridized carbons (Fsp3) is 0.467. The van der Waals surface area contributed by atoms with Gasteiger partial charge in [0.05, 0.1) is 18.4 Å². The summed E-state index contributed by atoms with van der Waals surface area (Å²) in [6.07, 6.45) is 1.20. The van der Waals surface area contributed by atoms with Gasteiger partial charge in [-0.25, -0.2) is 0 Å². The lowest BCUT2D eigenvalue weighted by atomic mass is 9.73.